The largest absolute Gasteiger partial charge is 0.469 e. The van der Waals surface area contributed by atoms with Crippen LogP contribution < -0.4 is 0 Å². The maximum atomic E-state index is 11.7. The molecule has 0 spiro atoms. The second-order valence-corrected chi connectivity index (χ2v) is 5.31. The Morgan fingerprint density at radius 1 is 1.18 bits per heavy atom. The molecule has 2 rings (SSSR count). The summed E-state index contributed by atoms with van der Waals surface area (Å²) in [5, 5.41) is 0. The van der Waals surface area contributed by atoms with E-state index in [0.717, 1.165) is 19.3 Å². The van der Waals surface area contributed by atoms with Crippen LogP contribution in [0.25, 0.3) is 0 Å². The van der Waals surface area contributed by atoms with Gasteiger partial charge in [-0.05, 0) is 62.3 Å². The minimum absolute atomic E-state index is 0.0462. The number of hydrogen-bond acceptors (Lipinski definition) is 2. The summed E-state index contributed by atoms with van der Waals surface area (Å²) in [6.07, 6.45) is 2.75. The minimum atomic E-state index is -0.221. The number of methoxy groups -OCH3 is 1. The van der Waals surface area contributed by atoms with E-state index in [1.165, 1.54) is 29.4 Å². The van der Waals surface area contributed by atoms with Gasteiger partial charge >= 0.3 is 5.97 Å². The number of aryl methyl sites for hydroxylation is 3. The maximum absolute atomic E-state index is 11.7. The molecule has 2 nitrogen and oxygen atoms in total. The Bertz CT molecular complexity index is 456. The van der Waals surface area contributed by atoms with Crippen molar-refractivity contribution in [3.8, 4) is 0 Å². The molecule has 1 aliphatic carbocycles. The number of rotatable bonds is 3. The van der Waals surface area contributed by atoms with Gasteiger partial charge in [0.15, 0.2) is 0 Å². The Labute approximate surface area is 103 Å². The average molecular weight is 232 g/mol. The molecule has 0 amide bonds. The van der Waals surface area contributed by atoms with E-state index in [1.54, 1.807) is 0 Å². The Hall–Kier alpha value is -1.31. The van der Waals surface area contributed by atoms with Gasteiger partial charge < -0.3 is 4.74 Å². The summed E-state index contributed by atoms with van der Waals surface area (Å²) in [5.74, 6) is -0.0462. The fourth-order valence-corrected chi connectivity index (χ4v) is 2.40. The fourth-order valence-electron chi connectivity index (χ4n) is 2.40. The number of benzene rings is 1. The highest BCUT2D eigenvalue weighted by molar-refractivity contribution is 5.80. The lowest BCUT2D eigenvalue weighted by atomic mass is 9.91. The Kier molecular flexibility index (Phi) is 2.98. The van der Waals surface area contributed by atoms with Crippen molar-refractivity contribution in [3.63, 3.8) is 0 Å². The summed E-state index contributed by atoms with van der Waals surface area (Å²) in [4.78, 5) is 11.7. The highest BCUT2D eigenvalue weighted by Gasteiger charge is 2.50. The maximum Gasteiger partial charge on any atom is 0.312 e. The number of esters is 1. The van der Waals surface area contributed by atoms with Gasteiger partial charge in [0.25, 0.3) is 0 Å². The Morgan fingerprint density at radius 2 is 1.76 bits per heavy atom. The molecule has 1 aromatic rings. The molecule has 92 valence electrons. The van der Waals surface area contributed by atoms with Gasteiger partial charge in [0.2, 0.25) is 0 Å². The molecule has 0 heterocycles. The molecule has 2 heteroatoms. The van der Waals surface area contributed by atoms with Crippen molar-refractivity contribution >= 4 is 5.97 Å². The normalized spacial score (nSPS) is 16.7. The van der Waals surface area contributed by atoms with Crippen LogP contribution in [-0.2, 0) is 16.0 Å². The van der Waals surface area contributed by atoms with Gasteiger partial charge in [0.05, 0.1) is 12.5 Å². The van der Waals surface area contributed by atoms with Crippen molar-refractivity contribution in [2.75, 3.05) is 7.11 Å². The first-order valence-corrected chi connectivity index (χ1v) is 6.14. The SMILES string of the molecule is COC(=O)C1(Cc2cc(C)c(C)cc2C)CC1. The van der Waals surface area contributed by atoms with Crippen LogP contribution in [0.15, 0.2) is 12.1 Å². The smallest absolute Gasteiger partial charge is 0.312 e. The van der Waals surface area contributed by atoms with Crippen LogP contribution >= 0.6 is 0 Å². The number of ether oxygens (including phenoxy) is 1. The van der Waals surface area contributed by atoms with Gasteiger partial charge in [-0.1, -0.05) is 12.1 Å². The molecule has 0 aliphatic heterocycles. The van der Waals surface area contributed by atoms with Gasteiger partial charge in [0.1, 0.15) is 0 Å². The quantitative estimate of drug-likeness (QED) is 0.748. The van der Waals surface area contributed by atoms with Gasteiger partial charge in [0, 0.05) is 0 Å². The number of carbonyl (C=O) groups excluding carboxylic acids is 1. The van der Waals surface area contributed by atoms with Crippen LogP contribution in [-0.4, -0.2) is 13.1 Å². The van der Waals surface area contributed by atoms with E-state index < -0.39 is 0 Å². The lowest BCUT2D eigenvalue weighted by Gasteiger charge is -2.15. The molecule has 0 atom stereocenters. The molecule has 17 heavy (non-hydrogen) atoms. The van der Waals surface area contributed by atoms with Gasteiger partial charge in [-0.3, -0.25) is 4.79 Å². The first kappa shape index (κ1) is 12.2. The average Bonchev–Trinajstić information content (AvgIpc) is 3.06. The Morgan fingerprint density at radius 3 is 2.29 bits per heavy atom. The number of hydrogen-bond donors (Lipinski definition) is 0. The standard InChI is InChI=1S/C15H20O2/c1-10-7-12(3)13(8-11(10)2)9-15(5-6-15)14(16)17-4/h7-8H,5-6,9H2,1-4H3. The number of carbonyl (C=O) groups is 1. The second kappa shape index (κ2) is 4.17. The third kappa shape index (κ3) is 2.21. The Balaban J connectivity index is 2.25. The van der Waals surface area contributed by atoms with Gasteiger partial charge in [-0.25, -0.2) is 0 Å². The monoisotopic (exact) mass is 232 g/mol. The van der Waals surface area contributed by atoms with E-state index in [2.05, 4.69) is 32.9 Å². The molecule has 0 aromatic heterocycles. The van der Waals surface area contributed by atoms with E-state index in [4.69, 9.17) is 4.74 Å². The molecule has 0 radical (unpaired) electrons. The van der Waals surface area contributed by atoms with E-state index >= 15 is 0 Å². The van der Waals surface area contributed by atoms with Crippen molar-refractivity contribution in [1.82, 2.24) is 0 Å². The highest BCUT2D eigenvalue weighted by atomic mass is 16.5. The van der Waals surface area contributed by atoms with E-state index in [-0.39, 0.29) is 11.4 Å². The third-order valence-electron chi connectivity index (χ3n) is 3.95. The molecular weight excluding hydrogens is 212 g/mol. The predicted molar refractivity (Wildman–Crippen MR) is 68.0 cm³/mol. The second-order valence-electron chi connectivity index (χ2n) is 5.31. The van der Waals surface area contributed by atoms with Crippen molar-refractivity contribution in [2.24, 2.45) is 5.41 Å². The van der Waals surface area contributed by atoms with Gasteiger partial charge in [-0.15, -0.1) is 0 Å². The minimum Gasteiger partial charge on any atom is -0.469 e. The topological polar surface area (TPSA) is 26.3 Å². The summed E-state index contributed by atoms with van der Waals surface area (Å²) in [6.45, 7) is 6.37. The molecule has 1 saturated carbocycles. The molecule has 1 aromatic carbocycles. The lowest BCUT2D eigenvalue weighted by molar-refractivity contribution is -0.147. The summed E-state index contributed by atoms with van der Waals surface area (Å²) >= 11 is 0. The highest BCUT2D eigenvalue weighted by Crippen LogP contribution is 2.49. The van der Waals surface area contributed by atoms with Crippen LogP contribution in [0.1, 0.15) is 35.1 Å². The van der Waals surface area contributed by atoms with Gasteiger partial charge in [-0.2, -0.15) is 0 Å². The molecule has 0 N–H and O–H groups in total. The summed E-state index contributed by atoms with van der Waals surface area (Å²) < 4.78 is 4.90. The molecule has 1 fully saturated rings. The van der Waals surface area contributed by atoms with Crippen LogP contribution in [0.4, 0.5) is 0 Å². The van der Waals surface area contributed by atoms with E-state index in [1.807, 2.05) is 0 Å². The fraction of sp³-hybridized carbons (Fsp3) is 0.533. The van der Waals surface area contributed by atoms with Crippen LogP contribution in [0.5, 0.6) is 0 Å². The molecule has 1 aliphatic rings. The summed E-state index contributed by atoms with van der Waals surface area (Å²) in [5.41, 5.74) is 4.96. The summed E-state index contributed by atoms with van der Waals surface area (Å²) in [6, 6.07) is 4.42. The first-order valence-electron chi connectivity index (χ1n) is 6.14. The first-order chi connectivity index (χ1) is 7.98. The molecular formula is C15H20O2. The molecule has 0 bridgehead atoms. The van der Waals surface area contributed by atoms with Crippen LogP contribution in [0, 0.1) is 26.2 Å². The summed E-state index contributed by atoms with van der Waals surface area (Å²) in [7, 11) is 1.48. The van der Waals surface area contributed by atoms with E-state index in [9.17, 15) is 4.79 Å². The van der Waals surface area contributed by atoms with Crippen molar-refractivity contribution in [2.45, 2.75) is 40.0 Å². The zero-order valence-corrected chi connectivity index (χ0v) is 11.1. The van der Waals surface area contributed by atoms with Crippen molar-refractivity contribution < 1.29 is 9.53 Å². The van der Waals surface area contributed by atoms with Crippen LogP contribution in [0.3, 0.4) is 0 Å². The van der Waals surface area contributed by atoms with E-state index in [0.29, 0.717) is 0 Å². The van der Waals surface area contributed by atoms with Crippen molar-refractivity contribution in [3.05, 3.63) is 34.4 Å². The third-order valence-corrected chi connectivity index (χ3v) is 3.95. The lowest BCUT2D eigenvalue weighted by Crippen LogP contribution is -2.20. The molecule has 0 saturated heterocycles. The molecule has 0 unspecified atom stereocenters. The zero-order chi connectivity index (χ0) is 12.6. The zero-order valence-electron chi connectivity index (χ0n) is 11.1. The van der Waals surface area contributed by atoms with Crippen molar-refractivity contribution in [1.29, 1.82) is 0 Å². The van der Waals surface area contributed by atoms with Crippen LogP contribution in [0.2, 0.25) is 0 Å². The predicted octanol–water partition coefficient (Wildman–Crippen LogP) is 3.11.